The predicted molar refractivity (Wildman–Crippen MR) is 123 cm³/mol. The number of carboxylic acids is 1. The van der Waals surface area contributed by atoms with Crippen LogP contribution in [0.25, 0.3) is 11.1 Å². The van der Waals surface area contributed by atoms with E-state index in [4.69, 9.17) is 14.6 Å². The highest BCUT2D eigenvalue weighted by atomic mass is 19.4. The fourth-order valence-electron chi connectivity index (χ4n) is 3.33. The Hall–Kier alpha value is -4.80. The van der Waals surface area contributed by atoms with Crippen LogP contribution in [-0.4, -0.2) is 34.1 Å². The maximum atomic E-state index is 13.1. The summed E-state index contributed by atoms with van der Waals surface area (Å²) in [6, 6.07) is 14.0. The van der Waals surface area contributed by atoms with Gasteiger partial charge >= 0.3 is 12.1 Å². The van der Waals surface area contributed by atoms with Gasteiger partial charge < -0.3 is 24.9 Å². The molecule has 0 fully saturated rings. The van der Waals surface area contributed by atoms with Crippen LogP contribution in [0.1, 0.15) is 26.5 Å². The van der Waals surface area contributed by atoms with Gasteiger partial charge in [0.05, 0.1) is 18.4 Å². The zero-order valence-corrected chi connectivity index (χ0v) is 18.6. The minimum Gasteiger partial charge on any atom is -0.495 e. The Labute approximate surface area is 202 Å². The number of aromatic carboxylic acids is 1. The van der Waals surface area contributed by atoms with Crippen LogP contribution in [-0.2, 0) is 6.18 Å². The summed E-state index contributed by atoms with van der Waals surface area (Å²) < 4.78 is 50.0. The molecule has 36 heavy (non-hydrogen) atoms. The molecular weight excluding hydrogens is 479 g/mol. The molecule has 0 saturated heterocycles. The van der Waals surface area contributed by atoms with E-state index >= 15 is 0 Å². The van der Waals surface area contributed by atoms with E-state index in [-0.39, 0.29) is 28.6 Å². The molecule has 2 aromatic carbocycles. The fourth-order valence-corrected chi connectivity index (χ4v) is 3.33. The number of benzene rings is 2. The number of carboxylic acid groups (broad SMARTS) is 1. The van der Waals surface area contributed by atoms with Crippen molar-refractivity contribution in [1.29, 1.82) is 0 Å². The number of alkyl halides is 3. The number of rotatable bonds is 7. The lowest BCUT2D eigenvalue weighted by Gasteiger charge is -2.13. The highest BCUT2D eigenvalue weighted by molar-refractivity contribution is 6.04. The summed E-state index contributed by atoms with van der Waals surface area (Å²) in [4.78, 5) is 30.4. The van der Waals surface area contributed by atoms with Gasteiger partial charge in [0.25, 0.3) is 5.91 Å². The number of halogens is 3. The topological polar surface area (TPSA) is 114 Å². The van der Waals surface area contributed by atoms with E-state index in [0.717, 1.165) is 18.2 Å². The number of amides is 1. The Kier molecular flexibility index (Phi) is 6.64. The maximum Gasteiger partial charge on any atom is 0.416 e. The number of carbonyl (C=O) groups excluding carboxylic acids is 1. The molecule has 0 unspecified atom stereocenters. The lowest BCUT2D eigenvalue weighted by atomic mass is 10.1. The van der Waals surface area contributed by atoms with Crippen LogP contribution in [0, 0.1) is 0 Å². The number of ether oxygens (including phenoxy) is 2. The smallest absolute Gasteiger partial charge is 0.416 e. The molecule has 0 bridgehead atoms. The normalized spacial score (nSPS) is 11.1. The number of H-pyrrole nitrogens is 1. The second-order valence-electron chi connectivity index (χ2n) is 7.48. The number of aromatic nitrogens is 2. The lowest BCUT2D eigenvalue weighted by Crippen LogP contribution is -2.14. The monoisotopic (exact) mass is 497 g/mol. The molecule has 2 aromatic heterocycles. The number of carbonyl (C=O) groups is 2. The van der Waals surface area contributed by atoms with Crippen molar-refractivity contribution in [2.24, 2.45) is 0 Å². The van der Waals surface area contributed by atoms with Gasteiger partial charge in [-0.2, -0.15) is 13.2 Å². The number of aromatic amines is 1. The van der Waals surface area contributed by atoms with Gasteiger partial charge in [0.1, 0.15) is 22.9 Å². The van der Waals surface area contributed by atoms with E-state index in [1.165, 1.54) is 31.5 Å². The minimum atomic E-state index is -4.58. The molecule has 0 aliphatic rings. The summed E-state index contributed by atoms with van der Waals surface area (Å²) in [5.74, 6) is -1.07. The van der Waals surface area contributed by atoms with Crippen LogP contribution < -0.4 is 14.8 Å². The molecule has 3 N–H and O–H groups in total. The molecule has 0 radical (unpaired) electrons. The number of hydrogen-bond donors (Lipinski definition) is 3. The number of pyridine rings is 1. The number of nitrogens with zero attached hydrogens (tertiary/aromatic N) is 1. The van der Waals surface area contributed by atoms with Crippen molar-refractivity contribution in [3.05, 3.63) is 90.0 Å². The van der Waals surface area contributed by atoms with Gasteiger partial charge in [0.2, 0.25) is 0 Å². The van der Waals surface area contributed by atoms with Gasteiger partial charge in [-0.1, -0.05) is 12.1 Å². The van der Waals surface area contributed by atoms with Crippen LogP contribution in [0.3, 0.4) is 0 Å². The van der Waals surface area contributed by atoms with E-state index < -0.39 is 23.6 Å². The van der Waals surface area contributed by atoms with E-state index in [9.17, 15) is 22.8 Å². The third-order valence-corrected chi connectivity index (χ3v) is 5.06. The van der Waals surface area contributed by atoms with Crippen molar-refractivity contribution >= 4 is 17.6 Å². The summed E-state index contributed by atoms with van der Waals surface area (Å²) in [5, 5.41) is 11.5. The highest BCUT2D eigenvalue weighted by Crippen LogP contribution is 2.35. The van der Waals surface area contributed by atoms with Crippen LogP contribution >= 0.6 is 0 Å². The van der Waals surface area contributed by atoms with Crippen LogP contribution in [0.5, 0.6) is 17.2 Å². The zero-order valence-electron chi connectivity index (χ0n) is 18.6. The summed E-state index contributed by atoms with van der Waals surface area (Å²) in [6.45, 7) is 0. The van der Waals surface area contributed by atoms with E-state index in [1.54, 1.807) is 30.5 Å². The molecule has 2 heterocycles. The molecule has 8 nitrogen and oxygen atoms in total. The molecule has 0 atom stereocenters. The predicted octanol–water partition coefficient (Wildman–Crippen LogP) is 5.85. The molecule has 4 rings (SSSR count). The van der Waals surface area contributed by atoms with Crippen molar-refractivity contribution in [2.45, 2.75) is 6.18 Å². The molecule has 184 valence electrons. The summed E-state index contributed by atoms with van der Waals surface area (Å²) >= 11 is 0. The molecule has 0 aliphatic carbocycles. The Balaban J connectivity index is 1.53. The Morgan fingerprint density at radius 2 is 1.78 bits per heavy atom. The van der Waals surface area contributed by atoms with E-state index in [2.05, 4.69) is 15.3 Å². The van der Waals surface area contributed by atoms with Crippen molar-refractivity contribution < 1.29 is 37.3 Å². The summed E-state index contributed by atoms with van der Waals surface area (Å²) in [5.41, 5.74) is 0.183. The third kappa shape index (κ3) is 5.46. The first-order valence-electron chi connectivity index (χ1n) is 10.4. The highest BCUT2D eigenvalue weighted by Gasteiger charge is 2.31. The molecule has 0 spiro atoms. The van der Waals surface area contributed by atoms with Gasteiger partial charge in [0.15, 0.2) is 5.69 Å². The molecule has 0 saturated carbocycles. The van der Waals surface area contributed by atoms with Crippen LogP contribution in [0.4, 0.5) is 18.9 Å². The first kappa shape index (κ1) is 24.3. The number of hydrogen-bond acceptors (Lipinski definition) is 5. The van der Waals surface area contributed by atoms with Crippen molar-refractivity contribution in [3.63, 3.8) is 0 Å². The molecule has 4 aromatic rings. The average molecular weight is 497 g/mol. The van der Waals surface area contributed by atoms with Gasteiger partial charge in [0, 0.05) is 24.0 Å². The lowest BCUT2D eigenvalue weighted by molar-refractivity contribution is -0.137. The van der Waals surface area contributed by atoms with Gasteiger partial charge in [-0.15, -0.1) is 0 Å². The first-order valence-corrected chi connectivity index (χ1v) is 10.4. The van der Waals surface area contributed by atoms with E-state index in [0.29, 0.717) is 16.9 Å². The standard InChI is InChI=1S/C25H18F3N3O5/c1-35-22-6-5-16(25(26,27)28)11-19(22)31-23(32)20-10-15(13-30-20)14-3-2-4-17(9-14)36-18-7-8-29-21(12-18)24(33)34/h2-13,30H,1H3,(H,31,32)(H,33,34). The van der Waals surface area contributed by atoms with E-state index in [1.807, 2.05) is 0 Å². The molecular formula is C25H18F3N3O5. The number of anilines is 1. The van der Waals surface area contributed by atoms with Crippen LogP contribution in [0.2, 0.25) is 0 Å². The summed E-state index contributed by atoms with van der Waals surface area (Å²) in [6.07, 6.45) is -1.70. The van der Waals surface area contributed by atoms with Crippen molar-refractivity contribution in [2.75, 3.05) is 12.4 Å². The van der Waals surface area contributed by atoms with Gasteiger partial charge in [-0.05, 0) is 48.0 Å². The molecule has 1 amide bonds. The van der Waals surface area contributed by atoms with Gasteiger partial charge in [-0.25, -0.2) is 9.78 Å². The Morgan fingerprint density at radius 3 is 2.50 bits per heavy atom. The SMILES string of the molecule is COc1ccc(C(F)(F)F)cc1NC(=O)c1cc(-c2cccc(Oc3ccnc(C(=O)O)c3)c2)c[nH]1. The number of methoxy groups -OCH3 is 1. The molecule has 0 aliphatic heterocycles. The maximum absolute atomic E-state index is 13.1. The Bertz CT molecular complexity index is 1430. The minimum absolute atomic E-state index is 0.0788. The zero-order chi connectivity index (χ0) is 25.9. The van der Waals surface area contributed by atoms with Crippen molar-refractivity contribution in [3.8, 4) is 28.4 Å². The average Bonchev–Trinajstić information content (AvgIpc) is 3.34. The number of nitrogens with one attached hydrogen (secondary N) is 2. The largest absolute Gasteiger partial charge is 0.495 e. The molecule has 11 heteroatoms. The fraction of sp³-hybridized carbons (Fsp3) is 0.0800. The second-order valence-corrected chi connectivity index (χ2v) is 7.48. The van der Waals surface area contributed by atoms with Crippen LogP contribution in [0.15, 0.2) is 73.1 Å². The Morgan fingerprint density at radius 1 is 1.00 bits per heavy atom. The summed E-state index contributed by atoms with van der Waals surface area (Å²) in [7, 11) is 1.29. The third-order valence-electron chi connectivity index (χ3n) is 5.06. The van der Waals surface area contributed by atoms with Crippen molar-refractivity contribution in [1.82, 2.24) is 9.97 Å². The second kappa shape index (κ2) is 9.82. The quantitative estimate of drug-likeness (QED) is 0.295. The first-order chi connectivity index (χ1) is 17.1. The van der Waals surface area contributed by atoms with Gasteiger partial charge in [-0.3, -0.25) is 4.79 Å².